The van der Waals surface area contributed by atoms with E-state index in [0.29, 0.717) is 5.95 Å². The fourth-order valence-corrected chi connectivity index (χ4v) is 2.95. The van der Waals surface area contributed by atoms with Crippen molar-refractivity contribution in [2.75, 3.05) is 48.8 Å². The monoisotopic (exact) mass is 292 g/mol. The Morgan fingerprint density at radius 1 is 1.05 bits per heavy atom. The predicted octanol–water partition coefficient (Wildman–Crippen LogP) is 2.39. The van der Waals surface area contributed by atoms with Crippen molar-refractivity contribution in [2.24, 2.45) is 5.92 Å². The van der Waals surface area contributed by atoms with E-state index in [-0.39, 0.29) is 0 Å². The minimum absolute atomic E-state index is 0.639. The van der Waals surface area contributed by atoms with Gasteiger partial charge in [0.15, 0.2) is 0 Å². The van der Waals surface area contributed by atoms with E-state index in [9.17, 15) is 0 Å². The van der Waals surface area contributed by atoms with Crippen LogP contribution in [0.4, 0.5) is 17.8 Å². The van der Waals surface area contributed by atoms with Crippen molar-refractivity contribution in [3.05, 3.63) is 0 Å². The lowest BCUT2D eigenvalue weighted by Gasteiger charge is -2.24. The smallest absolute Gasteiger partial charge is 0.231 e. The van der Waals surface area contributed by atoms with Gasteiger partial charge in [-0.1, -0.05) is 12.8 Å². The molecular weight excluding hydrogens is 264 g/mol. The molecule has 0 radical (unpaired) electrons. The molecule has 2 rings (SSSR count). The van der Waals surface area contributed by atoms with Gasteiger partial charge in [0, 0.05) is 33.7 Å². The van der Waals surface area contributed by atoms with Gasteiger partial charge in [-0.25, -0.2) is 0 Å². The van der Waals surface area contributed by atoms with Gasteiger partial charge in [0.05, 0.1) is 0 Å². The first-order valence-electron chi connectivity index (χ1n) is 8.07. The number of hydrogen-bond donors (Lipinski definition) is 1. The fourth-order valence-electron chi connectivity index (χ4n) is 2.95. The Balaban J connectivity index is 2.18. The maximum atomic E-state index is 4.65. The van der Waals surface area contributed by atoms with Crippen LogP contribution in [0.3, 0.4) is 0 Å². The molecule has 1 aromatic heterocycles. The number of hydrogen-bond acceptors (Lipinski definition) is 6. The van der Waals surface area contributed by atoms with Crippen LogP contribution in [0, 0.1) is 5.92 Å². The second-order valence-corrected chi connectivity index (χ2v) is 5.71. The van der Waals surface area contributed by atoms with Gasteiger partial charge in [-0.05, 0) is 32.6 Å². The van der Waals surface area contributed by atoms with Crippen LogP contribution in [0.15, 0.2) is 0 Å². The molecular formula is C15H28N6. The van der Waals surface area contributed by atoms with Crippen LogP contribution in [-0.2, 0) is 0 Å². The van der Waals surface area contributed by atoms with E-state index in [1.165, 1.54) is 25.7 Å². The SMILES string of the molecule is CCN(CC)c1nc(NC)nc(N(C)CC2CCCC2)n1. The summed E-state index contributed by atoms with van der Waals surface area (Å²) >= 11 is 0. The highest BCUT2D eigenvalue weighted by Crippen LogP contribution is 2.26. The lowest BCUT2D eigenvalue weighted by molar-refractivity contribution is 0.542. The van der Waals surface area contributed by atoms with Gasteiger partial charge in [-0.3, -0.25) is 0 Å². The molecule has 0 aliphatic heterocycles. The molecule has 1 N–H and O–H groups in total. The molecule has 0 aromatic carbocycles. The molecule has 1 aliphatic carbocycles. The summed E-state index contributed by atoms with van der Waals surface area (Å²) in [4.78, 5) is 18.0. The average molecular weight is 292 g/mol. The highest BCUT2D eigenvalue weighted by molar-refractivity contribution is 5.44. The van der Waals surface area contributed by atoms with Gasteiger partial charge < -0.3 is 15.1 Å². The van der Waals surface area contributed by atoms with E-state index in [1.807, 2.05) is 7.05 Å². The van der Waals surface area contributed by atoms with Gasteiger partial charge in [-0.2, -0.15) is 15.0 Å². The second-order valence-electron chi connectivity index (χ2n) is 5.71. The van der Waals surface area contributed by atoms with Crippen LogP contribution in [-0.4, -0.2) is 48.7 Å². The molecule has 1 heterocycles. The lowest BCUT2D eigenvalue weighted by Crippen LogP contribution is -2.29. The molecule has 0 unspecified atom stereocenters. The third-order valence-corrected chi connectivity index (χ3v) is 4.23. The minimum Gasteiger partial charge on any atom is -0.357 e. The summed E-state index contributed by atoms with van der Waals surface area (Å²) < 4.78 is 0. The summed E-state index contributed by atoms with van der Waals surface area (Å²) in [6.07, 6.45) is 5.39. The molecule has 0 amide bonds. The summed E-state index contributed by atoms with van der Waals surface area (Å²) in [6.45, 7) is 7.07. The summed E-state index contributed by atoms with van der Waals surface area (Å²) in [5, 5.41) is 3.04. The van der Waals surface area contributed by atoms with E-state index in [4.69, 9.17) is 0 Å². The Morgan fingerprint density at radius 2 is 1.67 bits per heavy atom. The Labute approximate surface area is 128 Å². The molecule has 6 nitrogen and oxygen atoms in total. The average Bonchev–Trinajstić information content (AvgIpc) is 3.01. The third-order valence-electron chi connectivity index (χ3n) is 4.23. The molecule has 0 atom stereocenters. The van der Waals surface area contributed by atoms with Crippen LogP contribution in [0.25, 0.3) is 0 Å². The van der Waals surface area contributed by atoms with Gasteiger partial charge >= 0.3 is 0 Å². The highest BCUT2D eigenvalue weighted by Gasteiger charge is 2.19. The van der Waals surface area contributed by atoms with Crippen LogP contribution >= 0.6 is 0 Å². The zero-order chi connectivity index (χ0) is 15.2. The van der Waals surface area contributed by atoms with Crippen LogP contribution in [0.5, 0.6) is 0 Å². The molecule has 0 spiro atoms. The van der Waals surface area contributed by atoms with E-state index >= 15 is 0 Å². The van der Waals surface area contributed by atoms with Crippen molar-refractivity contribution in [3.63, 3.8) is 0 Å². The summed E-state index contributed by atoms with van der Waals surface area (Å²) in [5.74, 6) is 2.94. The zero-order valence-electron chi connectivity index (χ0n) is 13.8. The maximum Gasteiger partial charge on any atom is 0.231 e. The predicted molar refractivity (Wildman–Crippen MR) is 88.2 cm³/mol. The van der Waals surface area contributed by atoms with Crippen molar-refractivity contribution in [1.82, 2.24) is 15.0 Å². The first-order chi connectivity index (χ1) is 10.2. The first kappa shape index (κ1) is 15.8. The molecule has 21 heavy (non-hydrogen) atoms. The number of nitrogens with one attached hydrogen (secondary N) is 1. The zero-order valence-corrected chi connectivity index (χ0v) is 13.8. The van der Waals surface area contributed by atoms with Crippen molar-refractivity contribution >= 4 is 17.8 Å². The molecule has 1 saturated carbocycles. The van der Waals surface area contributed by atoms with E-state index in [2.05, 4.69) is 51.0 Å². The Kier molecular flexibility index (Phi) is 5.59. The van der Waals surface area contributed by atoms with Crippen LogP contribution in [0.2, 0.25) is 0 Å². The third kappa shape index (κ3) is 3.95. The summed E-state index contributed by atoms with van der Waals surface area (Å²) in [6, 6.07) is 0. The van der Waals surface area contributed by atoms with Gasteiger partial charge in [0.1, 0.15) is 0 Å². The van der Waals surface area contributed by atoms with Crippen molar-refractivity contribution in [3.8, 4) is 0 Å². The van der Waals surface area contributed by atoms with Crippen molar-refractivity contribution in [2.45, 2.75) is 39.5 Å². The number of aromatic nitrogens is 3. The molecule has 0 saturated heterocycles. The van der Waals surface area contributed by atoms with Gasteiger partial charge in [0.2, 0.25) is 17.8 Å². The quantitative estimate of drug-likeness (QED) is 0.833. The number of nitrogens with zero attached hydrogens (tertiary/aromatic N) is 5. The molecule has 1 fully saturated rings. The summed E-state index contributed by atoms with van der Waals surface area (Å²) in [7, 11) is 3.93. The van der Waals surface area contributed by atoms with Gasteiger partial charge in [0.25, 0.3) is 0 Å². The van der Waals surface area contributed by atoms with Crippen LogP contribution < -0.4 is 15.1 Å². The van der Waals surface area contributed by atoms with E-state index < -0.39 is 0 Å². The highest BCUT2D eigenvalue weighted by atomic mass is 15.4. The van der Waals surface area contributed by atoms with E-state index in [0.717, 1.165) is 37.4 Å². The first-order valence-corrected chi connectivity index (χ1v) is 8.07. The second kappa shape index (κ2) is 7.43. The molecule has 1 aromatic rings. The number of anilines is 3. The Bertz CT molecular complexity index is 440. The molecule has 0 bridgehead atoms. The number of rotatable bonds is 7. The standard InChI is InChI=1S/C15H28N6/c1-5-21(6-2)15-18-13(16-3)17-14(19-15)20(4)11-12-9-7-8-10-12/h12H,5-11H2,1-4H3,(H,16,17,18,19). The van der Waals surface area contributed by atoms with Gasteiger partial charge in [-0.15, -0.1) is 0 Å². The molecule has 6 heteroatoms. The topological polar surface area (TPSA) is 57.2 Å². The van der Waals surface area contributed by atoms with E-state index in [1.54, 1.807) is 0 Å². The fraction of sp³-hybridized carbons (Fsp3) is 0.800. The van der Waals surface area contributed by atoms with Crippen molar-refractivity contribution < 1.29 is 0 Å². The Hall–Kier alpha value is -1.59. The largest absolute Gasteiger partial charge is 0.357 e. The lowest BCUT2D eigenvalue weighted by atomic mass is 10.1. The Morgan fingerprint density at radius 3 is 2.24 bits per heavy atom. The molecule has 1 aliphatic rings. The maximum absolute atomic E-state index is 4.65. The van der Waals surface area contributed by atoms with Crippen molar-refractivity contribution in [1.29, 1.82) is 0 Å². The summed E-state index contributed by atoms with van der Waals surface area (Å²) in [5.41, 5.74) is 0. The minimum atomic E-state index is 0.639. The van der Waals surface area contributed by atoms with Crippen LogP contribution in [0.1, 0.15) is 39.5 Å². The molecule has 118 valence electrons. The normalized spacial score (nSPS) is 15.2.